The number of aliphatic hydroxyl groups excluding tert-OH is 2. The molecule has 2 atom stereocenters. The second-order valence-corrected chi connectivity index (χ2v) is 4.18. The van der Waals surface area contributed by atoms with E-state index in [-0.39, 0.29) is 0 Å². The van der Waals surface area contributed by atoms with Crippen LogP contribution in [0.1, 0.15) is 11.0 Å². The van der Waals surface area contributed by atoms with Crippen LogP contribution in [-0.4, -0.2) is 22.2 Å². The van der Waals surface area contributed by atoms with E-state index in [1.54, 1.807) is 6.07 Å². The van der Waals surface area contributed by atoms with E-state index >= 15 is 0 Å². The lowest BCUT2D eigenvalue weighted by molar-refractivity contribution is -0.131. The van der Waals surface area contributed by atoms with Crippen molar-refractivity contribution in [2.45, 2.75) is 12.2 Å². The van der Waals surface area contributed by atoms with Crippen LogP contribution < -0.4 is 5.73 Å². The fourth-order valence-electron chi connectivity index (χ4n) is 0.798. The maximum atomic E-state index is 10.5. The number of hydrogen-bond donors (Lipinski definition) is 3. The summed E-state index contributed by atoms with van der Waals surface area (Å²) in [6.07, 6.45) is -2.88. The Balaban J connectivity index is 2.78. The van der Waals surface area contributed by atoms with E-state index < -0.39 is 18.1 Å². The molecule has 0 aliphatic heterocycles. The normalized spacial score (nSPS) is 15.3. The number of rotatable bonds is 3. The minimum absolute atomic E-state index is 0.413. The number of carbonyl (C=O) groups excluding carboxylic acids is 1. The molecule has 0 aliphatic carbocycles. The largest absolute Gasteiger partial charge is 0.384 e. The Morgan fingerprint density at radius 1 is 1.54 bits per heavy atom. The number of amides is 1. The van der Waals surface area contributed by atoms with Gasteiger partial charge in [-0.2, -0.15) is 0 Å². The highest BCUT2D eigenvalue weighted by Crippen LogP contribution is 2.28. The minimum Gasteiger partial charge on any atom is -0.384 e. The molecule has 13 heavy (non-hydrogen) atoms. The number of primary amides is 1. The zero-order chi connectivity index (χ0) is 10.0. The van der Waals surface area contributed by atoms with Crippen molar-refractivity contribution in [1.82, 2.24) is 0 Å². The van der Waals surface area contributed by atoms with Crippen molar-refractivity contribution < 1.29 is 15.0 Å². The van der Waals surface area contributed by atoms with Crippen molar-refractivity contribution in [3.8, 4) is 0 Å². The first-order valence-corrected chi connectivity index (χ1v) is 4.62. The van der Waals surface area contributed by atoms with Gasteiger partial charge < -0.3 is 15.9 Å². The molecule has 0 aromatic carbocycles. The molecule has 0 radical (unpaired) electrons. The Kier molecular flexibility index (Phi) is 3.27. The van der Waals surface area contributed by atoms with Gasteiger partial charge in [0.15, 0.2) is 6.10 Å². The van der Waals surface area contributed by atoms with Gasteiger partial charge in [-0.3, -0.25) is 4.79 Å². The molecule has 4 N–H and O–H groups in total. The van der Waals surface area contributed by atoms with Crippen molar-refractivity contribution in [2.24, 2.45) is 5.73 Å². The third kappa shape index (κ3) is 2.41. The summed E-state index contributed by atoms with van der Waals surface area (Å²) in [7, 11) is 0. The Morgan fingerprint density at radius 3 is 2.54 bits per heavy atom. The fraction of sp³-hybridized carbons (Fsp3) is 0.286. The molecule has 0 fully saturated rings. The van der Waals surface area contributed by atoms with Gasteiger partial charge in [0.1, 0.15) is 6.10 Å². The second kappa shape index (κ2) is 4.06. The molecular weight excluding hydrogens is 214 g/mol. The number of hydrogen-bond acceptors (Lipinski definition) is 4. The standard InChI is InChI=1S/C7H8ClNO3S/c8-4-2-1-3(13-4)5(10)6(11)7(9)12/h1-2,5-6,10-11H,(H2,9,12). The Labute approximate surface area is 83.6 Å². The molecule has 0 bridgehead atoms. The Morgan fingerprint density at radius 2 is 2.15 bits per heavy atom. The maximum absolute atomic E-state index is 10.5. The topological polar surface area (TPSA) is 83.6 Å². The third-order valence-corrected chi connectivity index (χ3v) is 2.78. The number of thiophene rings is 1. The van der Waals surface area contributed by atoms with Crippen molar-refractivity contribution in [1.29, 1.82) is 0 Å². The van der Waals surface area contributed by atoms with Crippen LogP contribution in [-0.2, 0) is 4.79 Å². The lowest BCUT2D eigenvalue weighted by atomic mass is 10.1. The summed E-state index contributed by atoms with van der Waals surface area (Å²) in [6, 6.07) is 3.10. The van der Waals surface area contributed by atoms with E-state index in [1.807, 2.05) is 0 Å². The van der Waals surface area contributed by atoms with E-state index in [4.69, 9.17) is 22.4 Å². The number of carbonyl (C=O) groups is 1. The summed E-state index contributed by atoms with van der Waals surface area (Å²) in [4.78, 5) is 10.9. The van der Waals surface area contributed by atoms with Gasteiger partial charge in [0.25, 0.3) is 0 Å². The summed E-state index contributed by atoms with van der Waals surface area (Å²) >= 11 is 6.69. The van der Waals surface area contributed by atoms with Gasteiger partial charge in [-0.25, -0.2) is 0 Å². The minimum atomic E-state index is -1.59. The van der Waals surface area contributed by atoms with Crippen LogP contribution in [0.3, 0.4) is 0 Å². The van der Waals surface area contributed by atoms with E-state index in [9.17, 15) is 9.90 Å². The van der Waals surface area contributed by atoms with Gasteiger partial charge >= 0.3 is 0 Å². The van der Waals surface area contributed by atoms with E-state index in [1.165, 1.54) is 6.07 Å². The predicted molar refractivity (Wildman–Crippen MR) is 49.5 cm³/mol. The first kappa shape index (κ1) is 10.5. The van der Waals surface area contributed by atoms with Gasteiger partial charge in [-0.05, 0) is 12.1 Å². The predicted octanol–water partition coefficient (Wildman–Crippen LogP) is 0.281. The van der Waals surface area contributed by atoms with Crippen LogP contribution in [0.5, 0.6) is 0 Å². The molecule has 0 spiro atoms. The summed E-state index contributed by atoms with van der Waals surface area (Å²) < 4.78 is 0.478. The summed E-state index contributed by atoms with van der Waals surface area (Å²) in [5.74, 6) is -0.961. The third-order valence-electron chi connectivity index (χ3n) is 1.48. The van der Waals surface area contributed by atoms with Crippen LogP contribution in [0.4, 0.5) is 0 Å². The molecule has 1 amide bonds. The molecule has 0 aliphatic rings. The van der Waals surface area contributed by atoms with Crippen LogP contribution in [0, 0.1) is 0 Å². The molecule has 1 aromatic rings. The highest BCUT2D eigenvalue weighted by Gasteiger charge is 2.24. The highest BCUT2D eigenvalue weighted by atomic mass is 35.5. The van der Waals surface area contributed by atoms with Crippen LogP contribution in [0.2, 0.25) is 4.34 Å². The molecule has 4 nitrogen and oxygen atoms in total. The summed E-state index contributed by atoms with van der Waals surface area (Å²) in [5.41, 5.74) is 4.80. The van der Waals surface area contributed by atoms with Crippen molar-refractivity contribution in [3.63, 3.8) is 0 Å². The molecule has 0 saturated heterocycles. The first-order chi connectivity index (χ1) is 6.02. The molecule has 72 valence electrons. The summed E-state index contributed by atoms with van der Waals surface area (Å²) in [6.45, 7) is 0. The number of aliphatic hydroxyl groups is 2. The molecule has 1 aromatic heterocycles. The Hall–Kier alpha value is -0.620. The van der Waals surface area contributed by atoms with Crippen LogP contribution in [0.25, 0.3) is 0 Å². The zero-order valence-electron chi connectivity index (χ0n) is 6.48. The lowest BCUT2D eigenvalue weighted by Gasteiger charge is -2.12. The molecule has 2 unspecified atom stereocenters. The SMILES string of the molecule is NC(=O)C(O)C(O)c1ccc(Cl)s1. The van der Waals surface area contributed by atoms with Gasteiger partial charge in [-0.15, -0.1) is 11.3 Å². The van der Waals surface area contributed by atoms with E-state index in [0.717, 1.165) is 11.3 Å². The van der Waals surface area contributed by atoms with Crippen molar-refractivity contribution >= 4 is 28.8 Å². The first-order valence-electron chi connectivity index (χ1n) is 3.43. The fourth-order valence-corrected chi connectivity index (χ4v) is 1.88. The van der Waals surface area contributed by atoms with Crippen LogP contribution >= 0.6 is 22.9 Å². The van der Waals surface area contributed by atoms with Crippen molar-refractivity contribution in [3.05, 3.63) is 21.3 Å². The molecule has 6 heteroatoms. The van der Waals surface area contributed by atoms with Gasteiger partial charge in [-0.1, -0.05) is 11.6 Å². The molecule has 1 heterocycles. The van der Waals surface area contributed by atoms with Gasteiger partial charge in [0, 0.05) is 4.88 Å². The lowest BCUT2D eigenvalue weighted by Crippen LogP contribution is -2.33. The zero-order valence-corrected chi connectivity index (χ0v) is 8.05. The second-order valence-electron chi connectivity index (χ2n) is 2.43. The molecule has 1 rings (SSSR count). The average molecular weight is 222 g/mol. The highest BCUT2D eigenvalue weighted by molar-refractivity contribution is 7.16. The van der Waals surface area contributed by atoms with E-state index in [0.29, 0.717) is 9.21 Å². The Bertz CT molecular complexity index is 314. The van der Waals surface area contributed by atoms with Crippen LogP contribution in [0.15, 0.2) is 12.1 Å². The van der Waals surface area contributed by atoms with Gasteiger partial charge in [0.05, 0.1) is 4.34 Å². The van der Waals surface area contributed by atoms with E-state index in [2.05, 4.69) is 0 Å². The molecular formula is C7H8ClNO3S. The maximum Gasteiger partial charge on any atom is 0.249 e. The molecule has 0 saturated carbocycles. The quantitative estimate of drug-likeness (QED) is 0.686. The van der Waals surface area contributed by atoms with Gasteiger partial charge in [0.2, 0.25) is 5.91 Å². The van der Waals surface area contributed by atoms with Crippen molar-refractivity contribution in [2.75, 3.05) is 0 Å². The number of nitrogens with two attached hydrogens (primary N) is 1. The average Bonchev–Trinajstić information content (AvgIpc) is 2.49. The summed E-state index contributed by atoms with van der Waals surface area (Å²) in [5, 5.41) is 18.5. The number of halogens is 1. The smallest absolute Gasteiger partial charge is 0.249 e. The monoisotopic (exact) mass is 221 g/mol.